The average molecular weight is 241 g/mol. The maximum Gasteiger partial charge on any atom is 0.354 e. The number of hydrogen-bond acceptors (Lipinski definition) is 2. The van der Waals surface area contributed by atoms with E-state index in [2.05, 4.69) is 17.1 Å². The van der Waals surface area contributed by atoms with Crippen molar-refractivity contribution in [2.24, 2.45) is 0 Å². The molecule has 1 heterocycles. The van der Waals surface area contributed by atoms with E-state index in [0.29, 0.717) is 0 Å². The van der Waals surface area contributed by atoms with Crippen LogP contribution in [0.5, 0.6) is 0 Å². The number of aryl methyl sites for hydroxylation is 2. The quantitative estimate of drug-likeness (QED) is 0.875. The third kappa shape index (κ3) is 3.42. The Bertz CT molecular complexity index is 523. The number of nitrogens with zero attached hydrogens (tertiary/aromatic N) is 1. The van der Waals surface area contributed by atoms with Gasteiger partial charge < -0.3 is 5.11 Å². The van der Waals surface area contributed by atoms with Crippen molar-refractivity contribution in [3.8, 4) is 0 Å². The van der Waals surface area contributed by atoms with Gasteiger partial charge in [-0.1, -0.05) is 30.3 Å². The van der Waals surface area contributed by atoms with Gasteiger partial charge in [0.15, 0.2) is 0 Å². The van der Waals surface area contributed by atoms with E-state index in [1.165, 1.54) is 5.56 Å². The number of carbonyl (C=O) groups is 1. The fourth-order valence-electron chi connectivity index (χ4n) is 1.89. The van der Waals surface area contributed by atoms with E-state index in [1.807, 2.05) is 24.3 Å². The molecule has 2 aromatic rings. The molecule has 3 nitrogen and oxygen atoms in total. The lowest BCUT2D eigenvalue weighted by molar-refractivity contribution is 0.0690. The topological polar surface area (TPSA) is 50.2 Å². The molecule has 0 aliphatic rings. The zero-order valence-corrected chi connectivity index (χ0v) is 10.0. The first-order chi connectivity index (χ1) is 8.75. The Labute approximate surface area is 106 Å². The largest absolute Gasteiger partial charge is 0.477 e. The van der Waals surface area contributed by atoms with Gasteiger partial charge >= 0.3 is 5.97 Å². The SMILES string of the molecule is O=C(O)c1cc(CCCc2ccccc2)ccn1. The van der Waals surface area contributed by atoms with Gasteiger partial charge in [0.05, 0.1) is 0 Å². The summed E-state index contributed by atoms with van der Waals surface area (Å²) >= 11 is 0. The second-order valence-corrected chi connectivity index (χ2v) is 4.19. The Hall–Kier alpha value is -2.16. The Kier molecular flexibility index (Phi) is 4.07. The van der Waals surface area contributed by atoms with Crippen LogP contribution in [0.1, 0.15) is 28.0 Å². The molecular weight excluding hydrogens is 226 g/mol. The molecule has 0 amide bonds. The van der Waals surface area contributed by atoms with Crippen molar-refractivity contribution in [2.75, 3.05) is 0 Å². The lowest BCUT2D eigenvalue weighted by Gasteiger charge is -2.03. The molecular formula is C15H15NO2. The Morgan fingerprint density at radius 3 is 2.50 bits per heavy atom. The summed E-state index contributed by atoms with van der Waals surface area (Å²) in [4.78, 5) is 14.6. The lowest BCUT2D eigenvalue weighted by atomic mass is 10.0. The molecule has 0 aliphatic carbocycles. The first-order valence-corrected chi connectivity index (χ1v) is 5.98. The van der Waals surface area contributed by atoms with Gasteiger partial charge in [-0.2, -0.15) is 0 Å². The van der Waals surface area contributed by atoms with Crippen molar-refractivity contribution in [3.05, 3.63) is 65.5 Å². The van der Waals surface area contributed by atoms with Gasteiger partial charge in [0, 0.05) is 6.20 Å². The van der Waals surface area contributed by atoms with Crippen molar-refractivity contribution < 1.29 is 9.90 Å². The van der Waals surface area contributed by atoms with Crippen molar-refractivity contribution >= 4 is 5.97 Å². The van der Waals surface area contributed by atoms with E-state index in [4.69, 9.17) is 5.11 Å². The number of aromatic nitrogens is 1. The summed E-state index contributed by atoms with van der Waals surface area (Å²) in [5.74, 6) is -0.972. The Morgan fingerprint density at radius 1 is 1.06 bits per heavy atom. The van der Waals surface area contributed by atoms with Gasteiger partial charge in [0.1, 0.15) is 5.69 Å². The number of benzene rings is 1. The highest BCUT2D eigenvalue weighted by atomic mass is 16.4. The van der Waals surface area contributed by atoms with Crippen LogP contribution >= 0.6 is 0 Å². The third-order valence-electron chi connectivity index (χ3n) is 2.82. The van der Waals surface area contributed by atoms with E-state index in [9.17, 15) is 4.79 Å². The van der Waals surface area contributed by atoms with Gasteiger partial charge in [-0.15, -0.1) is 0 Å². The predicted molar refractivity (Wildman–Crippen MR) is 69.7 cm³/mol. The molecule has 0 aliphatic heterocycles. The van der Waals surface area contributed by atoms with Crippen molar-refractivity contribution in [1.29, 1.82) is 0 Å². The number of carboxylic acids is 1. The standard InChI is InChI=1S/C15H15NO2/c17-15(18)14-11-13(9-10-16-14)8-4-7-12-5-2-1-3-6-12/h1-3,5-6,9-11H,4,7-8H2,(H,17,18). The summed E-state index contributed by atoms with van der Waals surface area (Å²) in [6, 6.07) is 13.8. The van der Waals surface area contributed by atoms with Crippen molar-refractivity contribution in [3.63, 3.8) is 0 Å². The van der Waals surface area contributed by atoms with E-state index in [0.717, 1.165) is 24.8 Å². The van der Waals surface area contributed by atoms with Gasteiger partial charge in [-0.3, -0.25) is 0 Å². The Balaban J connectivity index is 1.90. The Morgan fingerprint density at radius 2 is 1.78 bits per heavy atom. The third-order valence-corrected chi connectivity index (χ3v) is 2.82. The number of pyridine rings is 1. The van der Waals surface area contributed by atoms with E-state index in [1.54, 1.807) is 12.3 Å². The monoisotopic (exact) mass is 241 g/mol. The highest BCUT2D eigenvalue weighted by Crippen LogP contribution is 2.09. The first kappa shape index (κ1) is 12.3. The number of carboxylic acid groups (broad SMARTS) is 1. The van der Waals surface area contributed by atoms with Crippen molar-refractivity contribution in [2.45, 2.75) is 19.3 Å². The maximum absolute atomic E-state index is 10.8. The van der Waals surface area contributed by atoms with Gasteiger partial charge in [0.2, 0.25) is 0 Å². The smallest absolute Gasteiger partial charge is 0.354 e. The van der Waals surface area contributed by atoms with Crippen LogP contribution in [0.3, 0.4) is 0 Å². The van der Waals surface area contributed by atoms with Gasteiger partial charge in [-0.25, -0.2) is 9.78 Å². The van der Waals surface area contributed by atoms with Crippen LogP contribution in [0, 0.1) is 0 Å². The molecule has 0 unspecified atom stereocenters. The predicted octanol–water partition coefficient (Wildman–Crippen LogP) is 2.96. The minimum absolute atomic E-state index is 0.118. The van der Waals surface area contributed by atoms with E-state index in [-0.39, 0.29) is 5.69 Å². The molecule has 0 atom stereocenters. The summed E-state index contributed by atoms with van der Waals surface area (Å²) < 4.78 is 0. The second-order valence-electron chi connectivity index (χ2n) is 4.19. The zero-order chi connectivity index (χ0) is 12.8. The molecule has 3 heteroatoms. The average Bonchev–Trinajstić information content (AvgIpc) is 2.40. The molecule has 0 bridgehead atoms. The van der Waals surface area contributed by atoms with Crippen LogP contribution in [-0.4, -0.2) is 16.1 Å². The normalized spacial score (nSPS) is 10.2. The molecule has 1 aromatic heterocycles. The second kappa shape index (κ2) is 5.96. The van der Waals surface area contributed by atoms with Crippen molar-refractivity contribution in [1.82, 2.24) is 4.98 Å². The maximum atomic E-state index is 10.8. The van der Waals surface area contributed by atoms with E-state index < -0.39 is 5.97 Å². The summed E-state index contributed by atoms with van der Waals surface area (Å²) in [6.07, 6.45) is 4.44. The molecule has 1 N–H and O–H groups in total. The van der Waals surface area contributed by atoms with Crippen LogP contribution in [0.15, 0.2) is 48.7 Å². The lowest BCUT2D eigenvalue weighted by Crippen LogP contribution is -2.01. The fourth-order valence-corrected chi connectivity index (χ4v) is 1.89. The molecule has 2 rings (SSSR count). The van der Waals surface area contributed by atoms with Crippen LogP contribution in [0.4, 0.5) is 0 Å². The fraction of sp³-hybridized carbons (Fsp3) is 0.200. The van der Waals surface area contributed by atoms with Gasteiger partial charge in [0.25, 0.3) is 0 Å². The molecule has 92 valence electrons. The molecule has 1 aromatic carbocycles. The van der Waals surface area contributed by atoms with Crippen LogP contribution in [0.2, 0.25) is 0 Å². The summed E-state index contributed by atoms with van der Waals surface area (Å²) in [5.41, 5.74) is 2.45. The van der Waals surface area contributed by atoms with Crippen LogP contribution in [-0.2, 0) is 12.8 Å². The summed E-state index contributed by atoms with van der Waals surface area (Å²) in [7, 11) is 0. The van der Waals surface area contributed by atoms with Crippen LogP contribution < -0.4 is 0 Å². The number of aromatic carboxylic acids is 1. The first-order valence-electron chi connectivity index (χ1n) is 5.98. The van der Waals surface area contributed by atoms with Gasteiger partial charge in [-0.05, 0) is 42.5 Å². The molecule has 0 fully saturated rings. The molecule has 0 radical (unpaired) electrons. The molecule has 0 saturated heterocycles. The zero-order valence-electron chi connectivity index (χ0n) is 10.0. The molecule has 18 heavy (non-hydrogen) atoms. The minimum Gasteiger partial charge on any atom is -0.477 e. The minimum atomic E-state index is -0.972. The molecule has 0 saturated carbocycles. The summed E-state index contributed by atoms with van der Waals surface area (Å²) in [5, 5.41) is 8.85. The number of hydrogen-bond donors (Lipinski definition) is 1. The number of rotatable bonds is 5. The van der Waals surface area contributed by atoms with Crippen LogP contribution in [0.25, 0.3) is 0 Å². The highest BCUT2D eigenvalue weighted by Gasteiger charge is 2.04. The summed E-state index contributed by atoms with van der Waals surface area (Å²) in [6.45, 7) is 0. The molecule has 0 spiro atoms. The highest BCUT2D eigenvalue weighted by molar-refractivity contribution is 5.85. The van der Waals surface area contributed by atoms with E-state index >= 15 is 0 Å².